The van der Waals surface area contributed by atoms with Crippen LogP contribution >= 0.6 is 0 Å². The number of nitrogens with zero attached hydrogens (tertiary/aromatic N) is 4. The van der Waals surface area contributed by atoms with Crippen molar-refractivity contribution in [2.45, 2.75) is 0 Å². The zero-order chi connectivity index (χ0) is 22.0. The first-order valence-corrected chi connectivity index (χ1v) is 9.07. The van der Waals surface area contributed by atoms with Gasteiger partial charge in [-0.25, -0.2) is 20.2 Å². The van der Waals surface area contributed by atoms with Crippen molar-refractivity contribution in [1.29, 1.82) is 10.5 Å². The summed E-state index contributed by atoms with van der Waals surface area (Å²) in [7, 11) is -3.25. The molecule has 0 spiro atoms. The van der Waals surface area contributed by atoms with Gasteiger partial charge in [-0.15, -0.1) is 0 Å². The highest BCUT2D eigenvalue weighted by Crippen LogP contribution is 2.12. The topological polar surface area (TPSA) is 155 Å². The number of nitriles is 2. The summed E-state index contributed by atoms with van der Waals surface area (Å²) in [5.41, 5.74) is -0.673. The van der Waals surface area contributed by atoms with E-state index < -0.39 is 28.4 Å². The number of carbonyl (C=O) groups excluding carboxylic acids is 1. The highest BCUT2D eigenvalue weighted by molar-refractivity contribution is 7.86. The molecule has 0 aromatic heterocycles. The van der Waals surface area contributed by atoms with E-state index in [4.69, 9.17) is 37.7 Å². The molecule has 1 aromatic rings. The molecule has 1 rings (SSSR count). The molecule has 0 amide bonds. The van der Waals surface area contributed by atoms with Crippen LogP contribution in [0.3, 0.4) is 0 Å². The second-order valence-electron chi connectivity index (χ2n) is 4.99. The van der Waals surface area contributed by atoms with E-state index in [0.717, 1.165) is 0 Å². The average Bonchev–Trinajstić information content (AvgIpc) is 2.66. The molecule has 1 aromatic carbocycles. The molecule has 0 aliphatic carbocycles. The van der Waals surface area contributed by atoms with Gasteiger partial charge in [0, 0.05) is 10.4 Å². The molecule has 1 N–H and O–H groups in total. The minimum atomic E-state index is -4.53. The molecule has 0 aliphatic rings. The van der Waals surface area contributed by atoms with Gasteiger partial charge in [0.05, 0.1) is 32.4 Å². The molecule has 148 valence electrons. The van der Waals surface area contributed by atoms with Crippen LogP contribution in [0.2, 0.25) is 0 Å². The van der Waals surface area contributed by atoms with E-state index >= 15 is 0 Å². The summed E-state index contributed by atoms with van der Waals surface area (Å²) in [6, 6.07) is 5.87. The van der Waals surface area contributed by atoms with Crippen LogP contribution in [0.4, 0.5) is 0 Å². The van der Waals surface area contributed by atoms with E-state index in [1.165, 1.54) is 19.2 Å². The summed E-state index contributed by atoms with van der Waals surface area (Å²) in [5.74, 6) is -2.42. The van der Waals surface area contributed by atoms with E-state index in [1.54, 1.807) is 12.1 Å². The third-order valence-electron chi connectivity index (χ3n) is 3.15. The number of esters is 1. The summed E-state index contributed by atoms with van der Waals surface area (Å²) in [6.07, 6.45) is 0. The van der Waals surface area contributed by atoms with Gasteiger partial charge in [-0.05, 0) is 12.1 Å². The van der Waals surface area contributed by atoms with Gasteiger partial charge in [-0.1, -0.05) is 0 Å². The Hall–Kier alpha value is -4.10. The van der Waals surface area contributed by atoms with Gasteiger partial charge in [0.1, 0.15) is 24.7 Å². The fourth-order valence-electron chi connectivity index (χ4n) is 2.01. The van der Waals surface area contributed by atoms with Crippen LogP contribution in [0.25, 0.3) is 21.1 Å². The molecule has 0 unspecified atom stereocenters. The normalized spacial score (nSPS) is 12.2. The second-order valence-corrected chi connectivity index (χ2v) is 6.44. The number of ether oxygens (including phenoxy) is 3. The standard InChI is InChI=1S/C17H12N4O7S/c1-20-13(8-18)11-7-16(12(6-15(11)26-3)14(9-19)21-2)27-4-5-28-17(22)10-29(23,24)25/h6-7H,4-5,10H2,3H3,(H,23,24,25)/b13-11-,14-12+. The maximum Gasteiger partial charge on any atom is 0.323 e. The van der Waals surface area contributed by atoms with Crippen LogP contribution in [0, 0.1) is 35.8 Å². The number of methoxy groups -OCH3 is 1. The van der Waals surface area contributed by atoms with Crippen molar-refractivity contribution in [1.82, 2.24) is 0 Å². The molecule has 0 heterocycles. The Morgan fingerprint density at radius 1 is 1.10 bits per heavy atom. The molecule has 0 atom stereocenters. The third-order valence-corrected chi connectivity index (χ3v) is 3.75. The molecule has 12 heteroatoms. The molecule has 0 radical (unpaired) electrons. The quantitative estimate of drug-likeness (QED) is 0.271. The van der Waals surface area contributed by atoms with E-state index in [-0.39, 0.29) is 39.9 Å². The molecule has 0 saturated heterocycles. The Kier molecular flexibility index (Phi) is 8.14. The van der Waals surface area contributed by atoms with Crippen LogP contribution in [0.1, 0.15) is 0 Å². The average molecular weight is 416 g/mol. The Balaban J connectivity index is 3.33. The Morgan fingerprint density at radius 3 is 2.07 bits per heavy atom. The maximum atomic E-state index is 11.2. The SMILES string of the molecule is [C-]#[N+]/C(C#N)=c1/cc(OCCOC(=O)CS(=O)(=O)O)/c(=C(\C#N)[N+]#[C-])cc1OC. The zero-order valence-corrected chi connectivity index (χ0v) is 15.7. The van der Waals surface area contributed by atoms with Gasteiger partial charge in [0.2, 0.25) is 0 Å². The van der Waals surface area contributed by atoms with Crippen LogP contribution in [-0.4, -0.2) is 45.0 Å². The first kappa shape index (κ1) is 22.9. The molecule has 29 heavy (non-hydrogen) atoms. The summed E-state index contributed by atoms with van der Waals surface area (Å²) < 4.78 is 44.9. The zero-order valence-electron chi connectivity index (χ0n) is 14.9. The number of hydrogen-bond donors (Lipinski definition) is 1. The van der Waals surface area contributed by atoms with Gasteiger partial charge in [-0.3, -0.25) is 9.35 Å². The minimum absolute atomic E-state index is 0.0228. The number of carbonyl (C=O) groups is 1. The van der Waals surface area contributed by atoms with Crippen molar-refractivity contribution in [3.8, 4) is 23.6 Å². The van der Waals surface area contributed by atoms with Crippen LogP contribution in [0.5, 0.6) is 11.5 Å². The molecule has 0 saturated carbocycles. The Morgan fingerprint density at radius 2 is 1.62 bits per heavy atom. The number of benzene rings is 1. The largest absolute Gasteiger partial charge is 0.497 e. The Labute approximate surface area is 165 Å². The summed E-state index contributed by atoms with van der Waals surface area (Å²) >= 11 is 0. The smallest absolute Gasteiger partial charge is 0.323 e. The monoisotopic (exact) mass is 416 g/mol. The summed E-state index contributed by atoms with van der Waals surface area (Å²) in [4.78, 5) is 17.4. The molecule has 0 bridgehead atoms. The van der Waals surface area contributed by atoms with Gasteiger partial charge < -0.3 is 14.2 Å². The van der Waals surface area contributed by atoms with Crippen molar-refractivity contribution in [3.63, 3.8) is 0 Å². The fourth-order valence-corrected chi connectivity index (χ4v) is 2.39. The van der Waals surface area contributed by atoms with E-state index in [0.29, 0.717) is 0 Å². The molecule has 0 aliphatic heterocycles. The van der Waals surface area contributed by atoms with Crippen LogP contribution in [-0.2, 0) is 19.6 Å². The molecule has 0 fully saturated rings. The first-order valence-electron chi connectivity index (χ1n) is 7.46. The van der Waals surface area contributed by atoms with Crippen molar-refractivity contribution >= 4 is 27.5 Å². The van der Waals surface area contributed by atoms with Crippen molar-refractivity contribution in [2.75, 3.05) is 26.1 Å². The predicted octanol–water partition coefficient (Wildman–Crippen LogP) is -0.393. The van der Waals surface area contributed by atoms with E-state index in [1.807, 2.05) is 0 Å². The second kappa shape index (κ2) is 10.3. The lowest BCUT2D eigenvalue weighted by Gasteiger charge is -2.11. The van der Waals surface area contributed by atoms with Crippen molar-refractivity contribution < 1.29 is 32.0 Å². The predicted molar refractivity (Wildman–Crippen MR) is 96.4 cm³/mol. The highest BCUT2D eigenvalue weighted by atomic mass is 32.2. The van der Waals surface area contributed by atoms with Gasteiger partial charge in [-0.2, -0.15) is 8.42 Å². The minimum Gasteiger partial charge on any atom is -0.497 e. The number of hydrogen-bond acceptors (Lipinski definition) is 8. The third kappa shape index (κ3) is 6.53. The lowest BCUT2D eigenvalue weighted by Crippen LogP contribution is -2.23. The summed E-state index contributed by atoms with van der Waals surface area (Å²) in [5, 5.41) is 18.3. The van der Waals surface area contributed by atoms with Crippen molar-refractivity contribution in [2.24, 2.45) is 0 Å². The summed E-state index contributed by atoms with van der Waals surface area (Å²) in [6.45, 7) is 13.4. The molecular weight excluding hydrogens is 404 g/mol. The van der Waals surface area contributed by atoms with Gasteiger partial charge >= 0.3 is 5.97 Å². The fraction of sp³-hybridized carbons (Fsp3) is 0.235. The van der Waals surface area contributed by atoms with Gasteiger partial charge in [0.15, 0.2) is 5.75 Å². The van der Waals surface area contributed by atoms with Crippen LogP contribution in [0.15, 0.2) is 12.1 Å². The van der Waals surface area contributed by atoms with E-state index in [2.05, 4.69) is 14.4 Å². The molecule has 11 nitrogen and oxygen atoms in total. The first-order chi connectivity index (χ1) is 13.7. The lowest BCUT2D eigenvalue weighted by molar-refractivity contribution is -0.141. The lowest BCUT2D eigenvalue weighted by atomic mass is 10.1. The highest BCUT2D eigenvalue weighted by Gasteiger charge is 2.14. The Bertz CT molecular complexity index is 1180. The van der Waals surface area contributed by atoms with Gasteiger partial charge in [0.25, 0.3) is 21.5 Å². The van der Waals surface area contributed by atoms with E-state index in [9.17, 15) is 13.2 Å². The molecular formula is C17H12N4O7S. The number of rotatable bonds is 7. The van der Waals surface area contributed by atoms with Crippen LogP contribution < -0.4 is 19.9 Å². The van der Waals surface area contributed by atoms with Crippen molar-refractivity contribution in [3.05, 3.63) is 45.4 Å². The maximum absolute atomic E-state index is 11.2.